The minimum atomic E-state index is 0.393. The lowest BCUT2D eigenvalue weighted by Gasteiger charge is -2.28. The van der Waals surface area contributed by atoms with Gasteiger partial charge in [0.05, 0.1) is 0 Å². The molecule has 1 saturated carbocycles. The molecule has 1 aliphatic carbocycles. The fraction of sp³-hybridized carbons (Fsp3) is 0.333. The van der Waals surface area contributed by atoms with Crippen LogP contribution in [0.4, 0.5) is 5.69 Å². The third-order valence-electron chi connectivity index (χ3n) is 2.94. The van der Waals surface area contributed by atoms with Gasteiger partial charge < -0.3 is 10.0 Å². The predicted octanol–water partition coefficient (Wildman–Crippen LogP) is 2.39. The number of rotatable bonds is 1. The van der Waals surface area contributed by atoms with E-state index in [-0.39, 0.29) is 0 Å². The molecule has 1 N–H and O–H groups in total. The van der Waals surface area contributed by atoms with Gasteiger partial charge in [0.25, 0.3) is 0 Å². The van der Waals surface area contributed by atoms with Crippen LogP contribution in [0.5, 0.6) is 5.75 Å². The maximum absolute atomic E-state index is 9.70. The highest BCUT2D eigenvalue weighted by Crippen LogP contribution is 2.38. The van der Waals surface area contributed by atoms with Crippen LogP contribution in [0.15, 0.2) is 24.3 Å². The number of aromatic hydroxyl groups is 1. The standard InChI is InChI=1S/C12H13NO/c14-12-5-1-4-11-10(12)3-2-8-13(11)9-6-7-9/h1-5,9,14H,6-8H2. The molecule has 3 rings (SSSR count). The van der Waals surface area contributed by atoms with Gasteiger partial charge in [-0.25, -0.2) is 0 Å². The third kappa shape index (κ3) is 1.10. The lowest BCUT2D eigenvalue weighted by Crippen LogP contribution is -2.28. The summed E-state index contributed by atoms with van der Waals surface area (Å²) in [6.07, 6.45) is 6.73. The minimum Gasteiger partial charge on any atom is -0.507 e. The zero-order valence-corrected chi connectivity index (χ0v) is 7.98. The lowest BCUT2D eigenvalue weighted by molar-refractivity contribution is 0.473. The Bertz CT molecular complexity index is 393. The van der Waals surface area contributed by atoms with Crippen molar-refractivity contribution in [2.45, 2.75) is 18.9 Å². The van der Waals surface area contributed by atoms with Gasteiger partial charge in [-0.2, -0.15) is 0 Å². The molecule has 2 aliphatic rings. The fourth-order valence-corrected chi connectivity index (χ4v) is 2.08. The summed E-state index contributed by atoms with van der Waals surface area (Å²) in [6.45, 7) is 0.987. The van der Waals surface area contributed by atoms with Gasteiger partial charge in [0, 0.05) is 23.8 Å². The average molecular weight is 187 g/mol. The van der Waals surface area contributed by atoms with Crippen molar-refractivity contribution in [2.75, 3.05) is 11.4 Å². The maximum Gasteiger partial charge on any atom is 0.124 e. The van der Waals surface area contributed by atoms with Crippen LogP contribution < -0.4 is 4.90 Å². The van der Waals surface area contributed by atoms with Gasteiger partial charge in [-0.3, -0.25) is 0 Å². The zero-order chi connectivity index (χ0) is 9.54. The second-order valence-corrected chi connectivity index (χ2v) is 4.00. The summed E-state index contributed by atoms with van der Waals surface area (Å²) < 4.78 is 0. The highest BCUT2D eigenvalue weighted by Gasteiger charge is 2.31. The summed E-state index contributed by atoms with van der Waals surface area (Å²) in [5.74, 6) is 0.393. The Kier molecular flexibility index (Phi) is 1.57. The highest BCUT2D eigenvalue weighted by molar-refractivity contribution is 5.76. The SMILES string of the molecule is Oc1cccc2c1C=CCN2C1CC1. The first-order valence-electron chi connectivity index (χ1n) is 5.11. The highest BCUT2D eigenvalue weighted by atomic mass is 16.3. The van der Waals surface area contributed by atoms with Crippen LogP contribution in [0.3, 0.4) is 0 Å². The smallest absolute Gasteiger partial charge is 0.124 e. The summed E-state index contributed by atoms with van der Waals surface area (Å²) in [6, 6.07) is 6.47. The lowest BCUT2D eigenvalue weighted by atomic mass is 10.1. The first-order chi connectivity index (χ1) is 6.86. The first-order valence-corrected chi connectivity index (χ1v) is 5.11. The number of phenolic OH excluding ortho intramolecular Hbond substituents is 1. The Morgan fingerprint density at radius 3 is 2.93 bits per heavy atom. The molecule has 1 aromatic carbocycles. The first kappa shape index (κ1) is 7.92. The predicted molar refractivity (Wildman–Crippen MR) is 57.5 cm³/mol. The van der Waals surface area contributed by atoms with Crippen molar-refractivity contribution >= 4 is 11.8 Å². The summed E-state index contributed by atoms with van der Waals surface area (Å²) in [5, 5.41) is 9.70. The summed E-state index contributed by atoms with van der Waals surface area (Å²) in [5.41, 5.74) is 2.17. The van der Waals surface area contributed by atoms with E-state index in [1.54, 1.807) is 6.07 Å². The summed E-state index contributed by atoms with van der Waals surface area (Å²) in [7, 11) is 0. The fourth-order valence-electron chi connectivity index (χ4n) is 2.08. The Balaban J connectivity index is 2.10. The third-order valence-corrected chi connectivity index (χ3v) is 2.94. The van der Waals surface area contributed by atoms with Crippen molar-refractivity contribution in [1.29, 1.82) is 0 Å². The van der Waals surface area contributed by atoms with Crippen LogP contribution in [0.25, 0.3) is 6.08 Å². The van der Waals surface area contributed by atoms with Crippen molar-refractivity contribution in [1.82, 2.24) is 0 Å². The van der Waals surface area contributed by atoms with Gasteiger partial charge in [-0.1, -0.05) is 18.2 Å². The molecule has 0 unspecified atom stereocenters. The molecule has 0 atom stereocenters. The van der Waals surface area contributed by atoms with E-state index < -0.39 is 0 Å². The summed E-state index contributed by atoms with van der Waals surface area (Å²) in [4.78, 5) is 2.38. The Morgan fingerprint density at radius 2 is 2.14 bits per heavy atom. The van der Waals surface area contributed by atoms with Gasteiger partial charge in [0.2, 0.25) is 0 Å². The van der Waals surface area contributed by atoms with Gasteiger partial charge in [-0.05, 0) is 25.0 Å². The second kappa shape index (κ2) is 2.77. The number of anilines is 1. The van der Waals surface area contributed by atoms with Gasteiger partial charge in [-0.15, -0.1) is 0 Å². The minimum absolute atomic E-state index is 0.393. The van der Waals surface area contributed by atoms with Gasteiger partial charge >= 0.3 is 0 Å². The van der Waals surface area contributed by atoms with Crippen molar-refractivity contribution in [3.05, 3.63) is 29.8 Å². The molecule has 0 radical (unpaired) electrons. The van der Waals surface area contributed by atoms with E-state index in [2.05, 4.69) is 17.0 Å². The van der Waals surface area contributed by atoms with Crippen molar-refractivity contribution in [2.24, 2.45) is 0 Å². The van der Waals surface area contributed by atoms with Crippen LogP contribution in [0.2, 0.25) is 0 Å². The molecule has 0 bridgehead atoms. The number of hydrogen-bond donors (Lipinski definition) is 1. The molecule has 1 heterocycles. The molecule has 72 valence electrons. The van der Waals surface area contributed by atoms with E-state index in [1.807, 2.05) is 12.1 Å². The van der Waals surface area contributed by atoms with Crippen molar-refractivity contribution in [3.8, 4) is 5.75 Å². The maximum atomic E-state index is 9.70. The number of phenols is 1. The van der Waals surface area contributed by atoms with Crippen molar-refractivity contribution in [3.63, 3.8) is 0 Å². The number of benzene rings is 1. The topological polar surface area (TPSA) is 23.5 Å². The van der Waals surface area contributed by atoms with Crippen LogP contribution in [0, 0.1) is 0 Å². The average Bonchev–Trinajstić information content (AvgIpc) is 3.01. The quantitative estimate of drug-likeness (QED) is 0.729. The molecule has 2 heteroatoms. The molecule has 0 saturated heterocycles. The summed E-state index contributed by atoms with van der Waals surface area (Å²) >= 11 is 0. The van der Waals surface area contributed by atoms with Crippen LogP contribution >= 0.6 is 0 Å². The molecule has 0 aromatic heterocycles. The van der Waals surface area contributed by atoms with E-state index in [0.29, 0.717) is 11.8 Å². The molecule has 0 spiro atoms. The van der Waals surface area contributed by atoms with Crippen LogP contribution in [-0.2, 0) is 0 Å². The molecular formula is C12H13NO. The number of nitrogens with zero attached hydrogens (tertiary/aromatic N) is 1. The Labute approximate surface area is 83.5 Å². The van der Waals surface area contributed by atoms with Crippen molar-refractivity contribution < 1.29 is 5.11 Å². The van der Waals surface area contributed by atoms with Crippen LogP contribution in [-0.4, -0.2) is 17.7 Å². The Hall–Kier alpha value is -1.44. The van der Waals surface area contributed by atoms with E-state index in [9.17, 15) is 5.11 Å². The van der Waals surface area contributed by atoms with E-state index in [0.717, 1.165) is 12.1 Å². The molecule has 0 amide bonds. The molecule has 2 nitrogen and oxygen atoms in total. The molecular weight excluding hydrogens is 174 g/mol. The number of hydrogen-bond acceptors (Lipinski definition) is 2. The molecule has 1 aromatic rings. The van der Waals surface area contributed by atoms with E-state index >= 15 is 0 Å². The van der Waals surface area contributed by atoms with E-state index in [4.69, 9.17) is 0 Å². The monoisotopic (exact) mass is 187 g/mol. The Morgan fingerprint density at radius 1 is 1.29 bits per heavy atom. The van der Waals surface area contributed by atoms with Gasteiger partial charge in [0.15, 0.2) is 0 Å². The normalized spacial score (nSPS) is 19.6. The number of fused-ring (bicyclic) bond motifs is 1. The van der Waals surface area contributed by atoms with E-state index in [1.165, 1.54) is 18.5 Å². The largest absolute Gasteiger partial charge is 0.507 e. The second-order valence-electron chi connectivity index (χ2n) is 4.00. The zero-order valence-electron chi connectivity index (χ0n) is 7.98. The van der Waals surface area contributed by atoms with Crippen LogP contribution in [0.1, 0.15) is 18.4 Å². The molecule has 1 aliphatic heterocycles. The molecule has 1 fully saturated rings. The van der Waals surface area contributed by atoms with Gasteiger partial charge in [0.1, 0.15) is 5.75 Å². The molecule has 14 heavy (non-hydrogen) atoms.